The van der Waals surface area contributed by atoms with Gasteiger partial charge in [-0.15, -0.1) is 0 Å². The SMILES string of the molecule is CC(C)(C)C1CC2C3B(C4CC(C5CC6CCCC7C8CCCC9CCCC(C(C5)C67)C98)CCC4N2C2C(C4CCCCC4)CCCC2C2CCCCC2)C2CC(C4CC5CCCC6C7CCCC8CCCC(C(C4)C56)C87)CCC2N(C2C(C4CCCCC4)CCCC2C2CCCCC2)C3C1. The van der Waals surface area contributed by atoms with E-state index < -0.39 is 0 Å². The molecule has 30 unspecified atom stereocenters. The highest BCUT2D eigenvalue weighted by atomic mass is 15.3. The van der Waals surface area contributed by atoms with Crippen molar-refractivity contribution in [1.82, 2.24) is 9.80 Å². The molecular weight excluding hydrogens is 1220 g/mol. The molecule has 21 fully saturated rings. The maximum Gasteiger partial charge on any atom is 0.156 e. The summed E-state index contributed by atoms with van der Waals surface area (Å²) < 4.78 is 0. The standard InChI is InChI=1S/C98H159BN2/c1-98(2,3)72-58-89-95-90(59-72)101(97-75(62-28-12-6-13-29-62)40-23-41-76(97)63-30-14-7-15-31-63)88-51-49-67(71-53-69-37-21-45-80-78-43-17-33-65-35-19-47-82(92(65)78)84(55-71)94(69)80)57-86(88)99(95)85-56-66(70-52-68-36-20-44-79-77-42-16-32-64-34-18-46-81(91(64)77)83(54-70)93(68)79)48-50-87(85)100(89)96-73(60-24-8-4-9-25-60)38-22-39-74(96)61-26-10-5-11-27-61/h60-97H,4-59H2,1-3H3. The summed E-state index contributed by atoms with van der Waals surface area (Å²) in [4.78, 5) is 7.91. The second-order valence-electron chi connectivity index (χ2n) is 46.1. The Bertz CT molecular complexity index is 2540. The van der Waals surface area contributed by atoms with Crippen molar-refractivity contribution in [3.05, 3.63) is 0 Å². The molecule has 0 aromatic rings. The van der Waals surface area contributed by atoms with Crippen molar-refractivity contribution < 1.29 is 0 Å². The Morgan fingerprint density at radius 3 is 0.832 bits per heavy atom. The van der Waals surface area contributed by atoms with E-state index in [4.69, 9.17) is 0 Å². The van der Waals surface area contributed by atoms with Gasteiger partial charge in [0, 0.05) is 36.3 Å². The van der Waals surface area contributed by atoms with Crippen LogP contribution in [0.25, 0.3) is 0 Å². The molecule has 0 aromatic heterocycles. The summed E-state index contributed by atoms with van der Waals surface area (Å²) in [6.07, 6.45) is 90.3. The lowest BCUT2D eigenvalue weighted by Gasteiger charge is -2.72. The van der Waals surface area contributed by atoms with Crippen molar-refractivity contribution >= 4 is 6.71 Å². The van der Waals surface area contributed by atoms with Crippen LogP contribution in [0.4, 0.5) is 0 Å². The lowest BCUT2D eigenvalue weighted by Crippen LogP contribution is -2.77. The molecule has 2 heterocycles. The Morgan fingerprint density at radius 1 is 0.208 bits per heavy atom. The molecule has 0 spiro atoms. The molecule has 0 amide bonds. The first-order chi connectivity index (χ1) is 49.8. The molecule has 21 aliphatic rings. The minimum Gasteiger partial charge on any atom is -0.295 e. The van der Waals surface area contributed by atoms with Crippen LogP contribution in [0.3, 0.4) is 0 Å². The van der Waals surface area contributed by atoms with Crippen molar-refractivity contribution in [2.45, 2.75) is 434 Å². The predicted molar refractivity (Wildman–Crippen MR) is 423 cm³/mol. The van der Waals surface area contributed by atoms with Gasteiger partial charge in [-0.2, -0.15) is 0 Å². The summed E-state index contributed by atoms with van der Waals surface area (Å²) in [7, 11) is 0. The molecule has 0 radical (unpaired) electrons. The van der Waals surface area contributed by atoms with Gasteiger partial charge in [0.05, 0.1) is 0 Å². The average Bonchev–Trinajstić information content (AvgIpc) is 0.678. The van der Waals surface area contributed by atoms with Crippen molar-refractivity contribution in [3.8, 4) is 0 Å². The molecule has 30 atom stereocenters. The third-order valence-corrected chi connectivity index (χ3v) is 42.3. The third kappa shape index (κ3) is 11.9. The zero-order valence-corrected chi connectivity index (χ0v) is 66.5. The summed E-state index contributed by atoms with van der Waals surface area (Å²) in [6, 6.07) is 5.23. The lowest BCUT2D eigenvalue weighted by molar-refractivity contribution is -0.155. The van der Waals surface area contributed by atoms with E-state index in [9.17, 15) is 0 Å². The van der Waals surface area contributed by atoms with Crippen LogP contribution in [0.2, 0.25) is 17.5 Å². The summed E-state index contributed by atoms with van der Waals surface area (Å²) in [6.45, 7) is 9.55. The molecule has 21 rings (SSSR count). The van der Waals surface area contributed by atoms with Gasteiger partial charge in [0.2, 0.25) is 0 Å². The molecular formula is C98H159BN2. The normalized spacial score (nSPS) is 53.8. The molecule has 2 aliphatic heterocycles. The van der Waals surface area contributed by atoms with E-state index in [1.807, 2.05) is 0 Å². The largest absolute Gasteiger partial charge is 0.295 e. The number of fused-ring (bicyclic) bond motifs is 8. The Labute approximate surface area is 623 Å². The average molecular weight is 1380 g/mol. The number of hydrogen-bond acceptors (Lipinski definition) is 2. The first-order valence-corrected chi connectivity index (χ1v) is 49.3. The molecule has 0 N–H and O–H groups in total. The van der Waals surface area contributed by atoms with Crippen molar-refractivity contribution in [2.75, 3.05) is 0 Å². The highest BCUT2D eigenvalue weighted by Crippen LogP contribution is 2.73. The molecule has 0 bridgehead atoms. The summed E-state index contributed by atoms with van der Waals surface area (Å²) in [5, 5.41) is 0. The van der Waals surface area contributed by atoms with Gasteiger partial charge in [0.25, 0.3) is 0 Å². The Hall–Kier alpha value is -0.0151. The van der Waals surface area contributed by atoms with Gasteiger partial charge in [0.15, 0.2) is 6.71 Å². The smallest absolute Gasteiger partial charge is 0.156 e. The van der Waals surface area contributed by atoms with E-state index >= 15 is 0 Å². The van der Waals surface area contributed by atoms with Gasteiger partial charge in [-0.1, -0.05) is 252 Å². The second-order valence-corrected chi connectivity index (χ2v) is 46.1. The number of nitrogens with zero attached hydrogens (tertiary/aromatic N) is 2. The molecule has 564 valence electrons. The van der Waals surface area contributed by atoms with Crippen LogP contribution in [0.1, 0.15) is 380 Å². The molecule has 0 aromatic carbocycles. The zero-order valence-electron chi connectivity index (χ0n) is 66.5. The third-order valence-electron chi connectivity index (χ3n) is 42.3. The van der Waals surface area contributed by atoms with Gasteiger partial charge < -0.3 is 0 Å². The second kappa shape index (κ2) is 28.6. The molecule has 101 heavy (non-hydrogen) atoms. The van der Waals surface area contributed by atoms with Crippen LogP contribution >= 0.6 is 0 Å². The maximum absolute atomic E-state index is 3.95. The molecule has 2 nitrogen and oxygen atoms in total. The Balaban J connectivity index is 0.716. The fraction of sp³-hybridized carbons (Fsp3) is 1.00. The minimum atomic E-state index is 0.370. The van der Waals surface area contributed by atoms with E-state index in [1.54, 1.807) is 360 Å². The summed E-state index contributed by atoms with van der Waals surface area (Å²) >= 11 is 0. The van der Waals surface area contributed by atoms with Crippen LogP contribution in [0.15, 0.2) is 0 Å². The van der Waals surface area contributed by atoms with Crippen molar-refractivity contribution in [3.63, 3.8) is 0 Å². The van der Waals surface area contributed by atoms with Crippen molar-refractivity contribution in [2.24, 2.45) is 177 Å². The van der Waals surface area contributed by atoms with Gasteiger partial charge in [-0.25, -0.2) is 0 Å². The van der Waals surface area contributed by atoms with Gasteiger partial charge in [-0.05, 0) is 323 Å². The van der Waals surface area contributed by atoms with E-state index in [2.05, 4.69) is 30.6 Å². The number of rotatable bonds is 8. The van der Waals surface area contributed by atoms with Gasteiger partial charge in [-0.3, -0.25) is 9.80 Å². The molecule has 19 aliphatic carbocycles. The number of hydrogen-bond donors (Lipinski definition) is 0. The monoisotopic (exact) mass is 1380 g/mol. The lowest BCUT2D eigenvalue weighted by atomic mass is 9.17. The maximum atomic E-state index is 3.95. The quantitative estimate of drug-likeness (QED) is 0.224. The van der Waals surface area contributed by atoms with Crippen LogP contribution in [0, 0.1) is 177 Å². The summed E-state index contributed by atoms with van der Waals surface area (Å²) in [5.74, 6) is 33.9. The molecule has 2 saturated heterocycles. The zero-order chi connectivity index (χ0) is 66.8. The van der Waals surface area contributed by atoms with E-state index in [1.165, 1.54) is 0 Å². The van der Waals surface area contributed by atoms with Crippen LogP contribution < -0.4 is 0 Å². The Morgan fingerprint density at radius 2 is 0.495 bits per heavy atom. The first-order valence-electron chi connectivity index (χ1n) is 49.3. The minimum absolute atomic E-state index is 0.370. The van der Waals surface area contributed by atoms with E-state index in [0.717, 1.165) is 232 Å². The van der Waals surface area contributed by atoms with Gasteiger partial charge in [0.1, 0.15) is 0 Å². The molecule has 3 heteroatoms. The van der Waals surface area contributed by atoms with Gasteiger partial charge >= 0.3 is 0 Å². The highest BCUT2D eigenvalue weighted by molar-refractivity contribution is 6.65. The van der Waals surface area contributed by atoms with E-state index in [-0.39, 0.29) is 0 Å². The fourth-order valence-electron chi connectivity index (χ4n) is 39.5. The van der Waals surface area contributed by atoms with Crippen molar-refractivity contribution in [1.29, 1.82) is 0 Å². The first kappa shape index (κ1) is 69.0. The molecule has 19 saturated carbocycles. The van der Waals surface area contributed by atoms with E-state index in [0.29, 0.717) is 5.41 Å². The van der Waals surface area contributed by atoms with Crippen LogP contribution in [-0.2, 0) is 0 Å². The topological polar surface area (TPSA) is 6.48 Å². The highest BCUT2D eigenvalue weighted by Gasteiger charge is 2.70. The Kier molecular flexibility index (Phi) is 19.5. The summed E-state index contributed by atoms with van der Waals surface area (Å²) in [5.41, 5.74) is 0.370. The van der Waals surface area contributed by atoms with Crippen LogP contribution in [0.5, 0.6) is 0 Å². The van der Waals surface area contributed by atoms with Crippen LogP contribution in [-0.4, -0.2) is 52.8 Å². The predicted octanol–water partition coefficient (Wildman–Crippen LogP) is 26.5. The fourth-order valence-corrected chi connectivity index (χ4v) is 39.5.